The molecule has 1 aromatic rings. The average molecular weight is 301 g/mol. The van der Waals surface area contributed by atoms with Crippen LogP contribution >= 0.6 is 0 Å². The predicted octanol–water partition coefficient (Wildman–Crippen LogP) is 3.09. The number of piperidine rings is 1. The first-order valence-electron chi connectivity index (χ1n) is 6.94. The summed E-state index contributed by atoms with van der Waals surface area (Å²) in [6, 6.07) is 7.03. The first-order valence-corrected chi connectivity index (χ1v) is 6.94. The van der Waals surface area contributed by atoms with Gasteiger partial charge in [-0.15, -0.1) is 0 Å². The van der Waals surface area contributed by atoms with E-state index in [0.29, 0.717) is 25.1 Å². The van der Waals surface area contributed by atoms with Crippen LogP contribution in [0.1, 0.15) is 24.0 Å². The Morgan fingerprint density at radius 1 is 1.29 bits per heavy atom. The fourth-order valence-corrected chi connectivity index (χ4v) is 2.75. The van der Waals surface area contributed by atoms with Crippen molar-refractivity contribution >= 4 is 5.97 Å². The van der Waals surface area contributed by atoms with Crippen LogP contribution in [0.5, 0.6) is 0 Å². The van der Waals surface area contributed by atoms with Crippen molar-refractivity contribution in [3.8, 4) is 0 Å². The molecular formula is C15H18F3NO2. The largest absolute Gasteiger partial charge is 0.481 e. The van der Waals surface area contributed by atoms with Gasteiger partial charge in [0.05, 0.1) is 12.3 Å². The van der Waals surface area contributed by atoms with Gasteiger partial charge in [0, 0.05) is 13.1 Å². The van der Waals surface area contributed by atoms with E-state index in [1.165, 1.54) is 0 Å². The molecule has 0 amide bonds. The van der Waals surface area contributed by atoms with E-state index < -0.39 is 18.1 Å². The van der Waals surface area contributed by atoms with Crippen LogP contribution in [0, 0.1) is 5.92 Å². The van der Waals surface area contributed by atoms with E-state index in [1.54, 1.807) is 29.2 Å². The molecule has 0 radical (unpaired) electrons. The second-order valence-corrected chi connectivity index (χ2v) is 5.46. The molecule has 21 heavy (non-hydrogen) atoms. The Balaban J connectivity index is 2.06. The molecule has 1 saturated heterocycles. The van der Waals surface area contributed by atoms with Gasteiger partial charge in [-0.1, -0.05) is 24.3 Å². The minimum Gasteiger partial charge on any atom is -0.481 e. The van der Waals surface area contributed by atoms with Gasteiger partial charge >= 0.3 is 12.1 Å². The summed E-state index contributed by atoms with van der Waals surface area (Å²) in [6.45, 7) is 0.981. The Hall–Kier alpha value is -1.56. The van der Waals surface area contributed by atoms with Crippen molar-refractivity contribution in [2.24, 2.45) is 5.92 Å². The number of aliphatic carboxylic acids is 1. The van der Waals surface area contributed by atoms with Crippen LogP contribution in [-0.4, -0.2) is 35.2 Å². The maximum absolute atomic E-state index is 12.8. The van der Waals surface area contributed by atoms with Crippen molar-refractivity contribution in [3.63, 3.8) is 0 Å². The van der Waals surface area contributed by atoms with E-state index in [2.05, 4.69) is 0 Å². The Labute approximate surface area is 121 Å². The molecule has 0 aliphatic carbocycles. The molecule has 1 fully saturated rings. The maximum Gasteiger partial charge on any atom is 0.393 e. The molecule has 1 aliphatic heterocycles. The van der Waals surface area contributed by atoms with Crippen LogP contribution in [-0.2, 0) is 17.8 Å². The standard InChI is InChI=1S/C15H18F3NO2/c16-15(17,18)13-6-3-7-19(10-13)9-12-5-2-1-4-11(12)8-14(20)21/h1-2,4-5,13H,3,6-10H2,(H,20,21). The molecule has 0 aromatic heterocycles. The summed E-state index contributed by atoms with van der Waals surface area (Å²) < 4.78 is 38.4. The minimum atomic E-state index is -4.15. The number of carbonyl (C=O) groups is 1. The molecule has 0 saturated carbocycles. The normalized spacial score (nSPS) is 20.4. The van der Waals surface area contributed by atoms with Gasteiger partial charge in [0.25, 0.3) is 0 Å². The molecule has 0 bridgehead atoms. The van der Waals surface area contributed by atoms with Gasteiger partial charge in [0.15, 0.2) is 0 Å². The lowest BCUT2D eigenvalue weighted by molar-refractivity contribution is -0.187. The Morgan fingerprint density at radius 3 is 2.57 bits per heavy atom. The number of halogens is 3. The van der Waals surface area contributed by atoms with Crippen LogP contribution < -0.4 is 0 Å². The highest BCUT2D eigenvalue weighted by Gasteiger charge is 2.41. The van der Waals surface area contributed by atoms with Gasteiger partial charge in [-0.3, -0.25) is 9.69 Å². The minimum absolute atomic E-state index is 0.00902. The maximum atomic E-state index is 12.8. The molecule has 116 valence electrons. The zero-order valence-electron chi connectivity index (χ0n) is 11.6. The molecule has 3 nitrogen and oxygen atoms in total. The number of carboxylic acid groups (broad SMARTS) is 1. The molecular weight excluding hydrogens is 283 g/mol. The van der Waals surface area contributed by atoms with E-state index >= 15 is 0 Å². The van der Waals surface area contributed by atoms with Crippen LogP contribution in [0.4, 0.5) is 13.2 Å². The number of nitrogens with zero attached hydrogens (tertiary/aromatic N) is 1. The second-order valence-electron chi connectivity index (χ2n) is 5.46. The fraction of sp³-hybridized carbons (Fsp3) is 0.533. The molecule has 1 aliphatic rings. The zero-order valence-corrected chi connectivity index (χ0v) is 11.6. The number of carboxylic acids is 1. The highest BCUT2D eigenvalue weighted by molar-refractivity contribution is 5.70. The van der Waals surface area contributed by atoms with Crippen molar-refractivity contribution in [3.05, 3.63) is 35.4 Å². The van der Waals surface area contributed by atoms with Gasteiger partial charge in [-0.25, -0.2) is 0 Å². The fourth-order valence-electron chi connectivity index (χ4n) is 2.75. The number of hydrogen-bond acceptors (Lipinski definition) is 2. The molecule has 2 rings (SSSR count). The number of benzene rings is 1. The third kappa shape index (κ3) is 4.46. The molecule has 1 aromatic carbocycles. The van der Waals surface area contributed by atoms with Gasteiger partial charge < -0.3 is 5.11 Å². The van der Waals surface area contributed by atoms with Crippen molar-refractivity contribution in [1.82, 2.24) is 4.90 Å². The van der Waals surface area contributed by atoms with Crippen molar-refractivity contribution in [2.75, 3.05) is 13.1 Å². The molecule has 0 spiro atoms. The van der Waals surface area contributed by atoms with Gasteiger partial charge in [0.1, 0.15) is 0 Å². The van der Waals surface area contributed by atoms with Crippen LogP contribution in [0.25, 0.3) is 0 Å². The molecule has 1 N–H and O–H groups in total. The molecule has 1 atom stereocenters. The van der Waals surface area contributed by atoms with E-state index in [9.17, 15) is 18.0 Å². The summed E-state index contributed by atoms with van der Waals surface area (Å²) in [7, 11) is 0. The third-order valence-corrected chi connectivity index (χ3v) is 3.82. The summed E-state index contributed by atoms with van der Waals surface area (Å²) in [5.74, 6) is -2.22. The highest BCUT2D eigenvalue weighted by Crippen LogP contribution is 2.33. The van der Waals surface area contributed by atoms with Crippen LogP contribution in [0.3, 0.4) is 0 Å². The number of rotatable bonds is 4. The predicted molar refractivity (Wildman–Crippen MR) is 71.8 cm³/mol. The lowest BCUT2D eigenvalue weighted by Crippen LogP contribution is -2.41. The number of hydrogen-bond donors (Lipinski definition) is 1. The summed E-state index contributed by atoms with van der Waals surface area (Å²) >= 11 is 0. The molecule has 1 unspecified atom stereocenters. The van der Waals surface area contributed by atoms with Crippen LogP contribution in [0.15, 0.2) is 24.3 Å². The zero-order chi connectivity index (χ0) is 15.5. The lowest BCUT2D eigenvalue weighted by Gasteiger charge is -2.34. The highest BCUT2D eigenvalue weighted by atomic mass is 19.4. The summed E-state index contributed by atoms with van der Waals surface area (Å²) in [4.78, 5) is 12.6. The number of alkyl halides is 3. The Kier molecular flexibility index (Phi) is 4.88. The third-order valence-electron chi connectivity index (χ3n) is 3.82. The van der Waals surface area contributed by atoms with Crippen molar-refractivity contribution in [1.29, 1.82) is 0 Å². The smallest absolute Gasteiger partial charge is 0.393 e. The van der Waals surface area contributed by atoms with Crippen molar-refractivity contribution in [2.45, 2.75) is 32.0 Å². The summed E-state index contributed by atoms with van der Waals surface area (Å²) in [6.07, 6.45) is -3.56. The van der Waals surface area contributed by atoms with E-state index in [0.717, 1.165) is 5.56 Å². The topological polar surface area (TPSA) is 40.5 Å². The van der Waals surface area contributed by atoms with E-state index in [4.69, 9.17) is 5.11 Å². The molecule has 6 heteroatoms. The van der Waals surface area contributed by atoms with Gasteiger partial charge in [-0.2, -0.15) is 13.2 Å². The molecule has 1 heterocycles. The monoisotopic (exact) mass is 301 g/mol. The van der Waals surface area contributed by atoms with E-state index in [1.807, 2.05) is 0 Å². The lowest BCUT2D eigenvalue weighted by atomic mass is 9.96. The summed E-state index contributed by atoms with van der Waals surface area (Å²) in [5, 5.41) is 8.88. The van der Waals surface area contributed by atoms with Crippen molar-refractivity contribution < 1.29 is 23.1 Å². The average Bonchev–Trinajstić information content (AvgIpc) is 2.40. The Bertz CT molecular complexity index is 502. The van der Waals surface area contributed by atoms with Crippen LogP contribution in [0.2, 0.25) is 0 Å². The first-order chi connectivity index (χ1) is 9.86. The van der Waals surface area contributed by atoms with Gasteiger partial charge in [0.2, 0.25) is 0 Å². The first kappa shape index (κ1) is 15.8. The van der Waals surface area contributed by atoms with E-state index in [-0.39, 0.29) is 19.4 Å². The second kappa shape index (κ2) is 6.47. The van der Waals surface area contributed by atoms with Gasteiger partial charge in [-0.05, 0) is 30.5 Å². The Morgan fingerprint density at radius 2 is 1.95 bits per heavy atom. The quantitative estimate of drug-likeness (QED) is 0.929. The SMILES string of the molecule is O=C(O)Cc1ccccc1CN1CCCC(C(F)(F)F)C1. The number of likely N-dealkylation sites (tertiary alicyclic amines) is 1. The summed E-state index contributed by atoms with van der Waals surface area (Å²) in [5.41, 5.74) is 1.46.